The maximum Gasteiger partial charge on any atom is 0.339 e. The zero-order valence-electron chi connectivity index (χ0n) is 29.9. The summed E-state index contributed by atoms with van der Waals surface area (Å²) in [6.45, 7) is 6.17. The fourth-order valence-electron chi connectivity index (χ4n) is 6.31. The van der Waals surface area contributed by atoms with Crippen molar-refractivity contribution in [1.29, 1.82) is 0 Å². The van der Waals surface area contributed by atoms with Crippen molar-refractivity contribution in [3.63, 3.8) is 0 Å². The fourth-order valence-corrected chi connectivity index (χ4v) is 8.16. The molecule has 1 unspecified atom stereocenters. The van der Waals surface area contributed by atoms with Crippen molar-refractivity contribution >= 4 is 26.1 Å². The highest BCUT2D eigenvalue weighted by Gasteiger charge is 2.33. The van der Waals surface area contributed by atoms with Crippen LogP contribution in [-0.2, 0) is 51.2 Å². The van der Waals surface area contributed by atoms with Gasteiger partial charge >= 0.3 is 20.2 Å². The summed E-state index contributed by atoms with van der Waals surface area (Å²) in [6, 6.07) is 30.0. The highest BCUT2D eigenvalue weighted by Crippen LogP contribution is 2.40. The molecule has 2 aliphatic heterocycles. The van der Waals surface area contributed by atoms with Gasteiger partial charge in [0.1, 0.15) is 33.5 Å². The number of nitrogens with one attached hydrogen (secondary N) is 1. The molecular formula is C41H40N2O9S2. The minimum absolute atomic E-state index is 0.0257. The second kappa shape index (κ2) is 15.6. The molecule has 5 aromatic carbocycles. The summed E-state index contributed by atoms with van der Waals surface area (Å²) in [5, 5.41) is 3.51. The van der Waals surface area contributed by atoms with Gasteiger partial charge in [-0.25, -0.2) is 0 Å². The molecule has 280 valence electrons. The third-order valence-electron chi connectivity index (χ3n) is 9.32. The number of aryl methyl sites for hydroxylation is 2. The summed E-state index contributed by atoms with van der Waals surface area (Å²) >= 11 is 0. The second-order valence-corrected chi connectivity index (χ2v) is 16.6. The van der Waals surface area contributed by atoms with Crippen LogP contribution in [0.1, 0.15) is 50.2 Å². The number of fused-ring (bicyclic) bond motifs is 1. The Hall–Kier alpha value is -5.21. The number of amides is 1. The van der Waals surface area contributed by atoms with E-state index in [-0.39, 0.29) is 46.5 Å². The predicted octanol–water partition coefficient (Wildman–Crippen LogP) is 6.45. The van der Waals surface area contributed by atoms with Gasteiger partial charge in [0.25, 0.3) is 5.91 Å². The predicted molar refractivity (Wildman–Crippen MR) is 201 cm³/mol. The molecule has 2 aliphatic rings. The van der Waals surface area contributed by atoms with Gasteiger partial charge in [0.05, 0.1) is 6.61 Å². The number of carbonyl (C=O) groups excluding carboxylic acids is 1. The molecule has 13 heteroatoms. The standard InChI is InChI=1S/C41H40N2O9S2/c1-28-8-14-36(15-9-28)53(45,46)51-35-21-38(50-26-30-6-4-3-5-7-30)40(39(22-35)52-54(47,48)37-16-10-29(2)11-17-37)41(44)43-24-32-13-12-31(20-33(32)25-43)23-42-34-18-19-49-27-34/h3-17,20-22,34,42H,18-19,23-27H2,1-2H3. The molecule has 1 fully saturated rings. The van der Waals surface area contributed by atoms with Crippen molar-refractivity contribution in [1.82, 2.24) is 10.2 Å². The van der Waals surface area contributed by atoms with Crippen LogP contribution >= 0.6 is 0 Å². The Morgan fingerprint density at radius 1 is 0.741 bits per heavy atom. The summed E-state index contributed by atoms with van der Waals surface area (Å²) < 4.78 is 77.4. The van der Waals surface area contributed by atoms with Crippen molar-refractivity contribution in [2.45, 2.75) is 62.3 Å². The molecule has 1 atom stereocenters. The molecule has 0 radical (unpaired) electrons. The molecule has 11 nitrogen and oxygen atoms in total. The summed E-state index contributed by atoms with van der Waals surface area (Å²) in [7, 11) is -8.93. The zero-order chi connectivity index (χ0) is 37.9. The number of rotatable bonds is 13. The molecule has 0 aliphatic carbocycles. The third kappa shape index (κ3) is 8.60. The lowest BCUT2D eigenvalue weighted by Gasteiger charge is -2.22. The first kappa shape index (κ1) is 37.1. The topological polar surface area (TPSA) is 138 Å². The smallest absolute Gasteiger partial charge is 0.339 e. The average molecular weight is 769 g/mol. The van der Waals surface area contributed by atoms with Crippen LogP contribution in [0.15, 0.2) is 119 Å². The van der Waals surface area contributed by atoms with Gasteiger partial charge in [0.2, 0.25) is 0 Å². The van der Waals surface area contributed by atoms with Crippen molar-refractivity contribution in [3.05, 3.63) is 148 Å². The molecule has 1 saturated heterocycles. The fraction of sp³-hybridized carbons (Fsp3) is 0.244. The van der Waals surface area contributed by atoms with Crippen molar-refractivity contribution in [2.75, 3.05) is 13.2 Å². The van der Waals surface area contributed by atoms with Crippen LogP contribution in [0.2, 0.25) is 0 Å². The number of benzene rings is 5. The van der Waals surface area contributed by atoms with E-state index < -0.39 is 31.9 Å². The molecule has 0 bridgehead atoms. The molecule has 5 aromatic rings. The zero-order valence-corrected chi connectivity index (χ0v) is 31.5. The molecule has 1 N–H and O–H groups in total. The van der Waals surface area contributed by atoms with Gasteiger partial charge in [-0.05, 0) is 66.8 Å². The Balaban J connectivity index is 1.27. The van der Waals surface area contributed by atoms with Crippen molar-refractivity contribution in [2.24, 2.45) is 0 Å². The van der Waals surface area contributed by atoms with Gasteiger partial charge in [-0.3, -0.25) is 4.79 Å². The summed E-state index contributed by atoms with van der Waals surface area (Å²) in [4.78, 5) is 16.0. The van der Waals surface area contributed by atoms with Gasteiger partial charge in [-0.15, -0.1) is 0 Å². The Kier molecular flexibility index (Phi) is 10.8. The first-order valence-corrected chi connectivity index (χ1v) is 20.3. The molecule has 0 spiro atoms. The third-order valence-corrected chi connectivity index (χ3v) is 11.8. The summed E-state index contributed by atoms with van der Waals surface area (Å²) in [5.74, 6) is -1.44. The minimum Gasteiger partial charge on any atom is -0.488 e. The van der Waals surface area contributed by atoms with Gasteiger partial charge in [-0.2, -0.15) is 16.8 Å². The Labute approximate surface area is 315 Å². The SMILES string of the molecule is Cc1ccc(S(=O)(=O)Oc2cc(OCc3ccccc3)c(C(=O)N3Cc4ccc(CNC5CCOC5)cc4C3)c(OS(=O)(=O)c3ccc(C)cc3)c2)cc1. The van der Waals surface area contributed by atoms with E-state index in [4.69, 9.17) is 17.8 Å². The monoisotopic (exact) mass is 768 g/mol. The molecule has 7 rings (SSSR count). The Bertz CT molecular complexity index is 2360. The normalized spacial score (nSPS) is 15.5. The minimum atomic E-state index is -4.53. The molecule has 0 saturated carbocycles. The Morgan fingerprint density at radius 3 is 2.02 bits per heavy atom. The average Bonchev–Trinajstić information content (AvgIpc) is 3.84. The van der Waals surface area contributed by atoms with Crippen molar-refractivity contribution < 1.29 is 39.5 Å². The number of carbonyl (C=O) groups is 1. The van der Waals surface area contributed by atoms with E-state index in [9.17, 15) is 21.6 Å². The Morgan fingerprint density at radius 2 is 1.37 bits per heavy atom. The largest absolute Gasteiger partial charge is 0.488 e. The van der Waals surface area contributed by atoms with Crippen LogP contribution < -0.4 is 18.4 Å². The van der Waals surface area contributed by atoms with E-state index in [1.165, 1.54) is 30.3 Å². The van der Waals surface area contributed by atoms with Gasteiger partial charge in [0.15, 0.2) is 5.75 Å². The van der Waals surface area contributed by atoms with Crippen LogP contribution in [0, 0.1) is 13.8 Å². The molecule has 1 amide bonds. The van der Waals surface area contributed by atoms with Crippen molar-refractivity contribution in [3.8, 4) is 17.2 Å². The second-order valence-electron chi connectivity index (χ2n) is 13.5. The highest BCUT2D eigenvalue weighted by molar-refractivity contribution is 7.87. The number of hydrogen-bond donors (Lipinski definition) is 1. The van der Waals surface area contributed by atoms with Gasteiger partial charge in [0, 0.05) is 44.4 Å². The molecular weight excluding hydrogens is 729 g/mol. The maximum absolute atomic E-state index is 14.7. The molecule has 2 heterocycles. The first-order valence-electron chi connectivity index (χ1n) is 17.5. The van der Waals surface area contributed by atoms with Gasteiger partial charge in [-0.1, -0.05) is 83.9 Å². The highest BCUT2D eigenvalue weighted by atomic mass is 32.2. The maximum atomic E-state index is 14.7. The summed E-state index contributed by atoms with van der Waals surface area (Å²) in [5.41, 5.74) is 5.20. The lowest BCUT2D eigenvalue weighted by atomic mass is 10.1. The molecule has 54 heavy (non-hydrogen) atoms. The number of nitrogens with zero attached hydrogens (tertiary/aromatic N) is 1. The van der Waals surface area contributed by atoms with E-state index in [0.717, 1.165) is 52.5 Å². The van der Waals surface area contributed by atoms with Gasteiger partial charge < -0.3 is 28.1 Å². The van der Waals surface area contributed by atoms with Crippen LogP contribution in [-0.4, -0.2) is 46.9 Å². The van der Waals surface area contributed by atoms with E-state index in [1.807, 2.05) is 56.3 Å². The van der Waals surface area contributed by atoms with E-state index >= 15 is 0 Å². The van der Waals surface area contributed by atoms with Crippen LogP contribution in [0.4, 0.5) is 0 Å². The quantitative estimate of drug-likeness (QED) is 0.133. The number of ether oxygens (including phenoxy) is 2. The summed E-state index contributed by atoms with van der Waals surface area (Å²) in [6.07, 6.45) is 0.952. The van der Waals surface area contributed by atoms with Crippen LogP contribution in [0.25, 0.3) is 0 Å². The first-order chi connectivity index (χ1) is 25.9. The van der Waals surface area contributed by atoms with Crippen LogP contribution in [0.3, 0.4) is 0 Å². The lowest BCUT2D eigenvalue weighted by Crippen LogP contribution is -2.28. The van der Waals surface area contributed by atoms with Crippen LogP contribution in [0.5, 0.6) is 17.2 Å². The lowest BCUT2D eigenvalue weighted by molar-refractivity contribution is 0.0744. The van der Waals surface area contributed by atoms with E-state index in [0.29, 0.717) is 19.2 Å². The van der Waals surface area contributed by atoms with E-state index in [1.54, 1.807) is 29.2 Å². The van der Waals surface area contributed by atoms with E-state index in [2.05, 4.69) is 11.4 Å². The number of hydrogen-bond acceptors (Lipinski definition) is 10. The molecule has 0 aromatic heterocycles.